The van der Waals surface area contributed by atoms with E-state index < -0.39 is 0 Å². The van der Waals surface area contributed by atoms with Crippen LogP contribution in [-0.2, 0) is 0 Å². The first-order valence-electron chi connectivity index (χ1n) is 4.73. The highest BCUT2D eigenvalue weighted by atomic mass is 79.9. The van der Waals surface area contributed by atoms with Gasteiger partial charge in [0.25, 0.3) is 0 Å². The highest BCUT2D eigenvalue weighted by molar-refractivity contribution is 9.10. The quantitative estimate of drug-likeness (QED) is 0.771. The molecule has 76 valence electrons. The summed E-state index contributed by atoms with van der Waals surface area (Å²) in [7, 11) is 0. The molecule has 0 unspecified atom stereocenters. The molecule has 2 rings (SSSR count). The first-order chi connectivity index (χ1) is 7.26. The second kappa shape index (κ2) is 4.07. The maximum absolute atomic E-state index is 5.72. The van der Waals surface area contributed by atoms with Gasteiger partial charge >= 0.3 is 0 Å². The van der Waals surface area contributed by atoms with Crippen molar-refractivity contribution < 1.29 is 4.42 Å². The third-order valence-electron chi connectivity index (χ3n) is 2.27. The fraction of sp³-hybridized carbons (Fsp3) is 0.0769. The van der Waals surface area contributed by atoms with Crippen molar-refractivity contribution >= 4 is 39.1 Å². The average molecular weight is 263 g/mol. The number of hydrogen-bond donors (Lipinski definition) is 0. The summed E-state index contributed by atoms with van der Waals surface area (Å²) >= 11 is 3.43. The molecular weight excluding hydrogens is 252 g/mol. The Morgan fingerprint density at radius 3 is 2.87 bits per heavy atom. The van der Waals surface area contributed by atoms with Crippen LogP contribution >= 0.6 is 15.9 Å². The molecule has 0 aliphatic rings. The van der Waals surface area contributed by atoms with Crippen LogP contribution in [0.3, 0.4) is 0 Å². The lowest BCUT2D eigenvalue weighted by Crippen LogP contribution is -2.18. The Kier molecular flexibility index (Phi) is 2.78. The lowest BCUT2D eigenvalue weighted by molar-refractivity contribution is 0.575. The number of benzene rings is 1. The lowest BCUT2D eigenvalue weighted by Gasteiger charge is -1.88. The summed E-state index contributed by atoms with van der Waals surface area (Å²) < 4.78 is 6.74. The molecule has 1 aromatic heterocycles. The standard InChI is InChI=1S/C13H11BrO/c1-3-5-10-11-7-6-9(14)8-13(11)15-12(10)4-2/h3-8H,1H2,2H3/b10-5-,12-4+. The first kappa shape index (κ1) is 10.2. The Hall–Kier alpha value is -1.28. The van der Waals surface area contributed by atoms with Crippen LogP contribution in [0.25, 0.3) is 23.1 Å². The maximum atomic E-state index is 5.72. The van der Waals surface area contributed by atoms with E-state index in [1.54, 1.807) is 6.08 Å². The van der Waals surface area contributed by atoms with Crippen molar-refractivity contribution in [1.29, 1.82) is 0 Å². The van der Waals surface area contributed by atoms with Gasteiger partial charge in [-0.15, -0.1) is 0 Å². The molecule has 2 aromatic rings. The highest BCUT2D eigenvalue weighted by Gasteiger charge is 2.01. The van der Waals surface area contributed by atoms with Crippen molar-refractivity contribution in [1.82, 2.24) is 0 Å². The molecule has 0 radical (unpaired) electrons. The van der Waals surface area contributed by atoms with Crippen LogP contribution in [0, 0.1) is 0 Å². The van der Waals surface area contributed by atoms with Crippen LogP contribution < -0.4 is 10.6 Å². The minimum Gasteiger partial charge on any atom is -0.456 e. The van der Waals surface area contributed by atoms with E-state index in [0.717, 1.165) is 26.1 Å². The summed E-state index contributed by atoms with van der Waals surface area (Å²) in [6.45, 7) is 5.68. The Morgan fingerprint density at radius 1 is 1.40 bits per heavy atom. The molecule has 0 atom stereocenters. The summed E-state index contributed by atoms with van der Waals surface area (Å²) in [4.78, 5) is 0. The third-order valence-corrected chi connectivity index (χ3v) is 2.76. The van der Waals surface area contributed by atoms with E-state index in [9.17, 15) is 0 Å². The summed E-state index contributed by atoms with van der Waals surface area (Å²) in [6.07, 6.45) is 5.71. The van der Waals surface area contributed by atoms with Crippen molar-refractivity contribution in [2.45, 2.75) is 6.92 Å². The molecular formula is C13H11BrO. The molecule has 0 aliphatic heterocycles. The van der Waals surface area contributed by atoms with Crippen molar-refractivity contribution in [3.05, 3.63) is 46.0 Å². The predicted octanol–water partition coefficient (Wildman–Crippen LogP) is 2.96. The second-order valence-electron chi connectivity index (χ2n) is 3.21. The Balaban J connectivity index is 3.00. The molecule has 0 amide bonds. The van der Waals surface area contributed by atoms with Crippen molar-refractivity contribution in [2.24, 2.45) is 0 Å². The van der Waals surface area contributed by atoms with Gasteiger partial charge < -0.3 is 4.42 Å². The van der Waals surface area contributed by atoms with Crippen molar-refractivity contribution in [2.75, 3.05) is 0 Å². The van der Waals surface area contributed by atoms with Gasteiger partial charge in [-0.2, -0.15) is 0 Å². The topological polar surface area (TPSA) is 13.1 Å². The van der Waals surface area contributed by atoms with Crippen LogP contribution in [0.5, 0.6) is 0 Å². The normalized spacial score (nSPS) is 13.7. The van der Waals surface area contributed by atoms with Gasteiger partial charge in [0.05, 0.1) is 0 Å². The first-order valence-corrected chi connectivity index (χ1v) is 5.52. The number of rotatable bonds is 1. The summed E-state index contributed by atoms with van der Waals surface area (Å²) in [5.74, 6) is 0. The summed E-state index contributed by atoms with van der Waals surface area (Å²) in [5, 5.41) is 2.21. The van der Waals surface area contributed by atoms with E-state index >= 15 is 0 Å². The van der Waals surface area contributed by atoms with Crippen LogP contribution in [-0.4, -0.2) is 0 Å². The largest absolute Gasteiger partial charge is 0.456 e. The van der Waals surface area contributed by atoms with Gasteiger partial charge in [-0.25, -0.2) is 0 Å². The van der Waals surface area contributed by atoms with E-state index in [1.807, 2.05) is 37.3 Å². The van der Waals surface area contributed by atoms with E-state index in [0.29, 0.717) is 0 Å². The molecule has 15 heavy (non-hydrogen) atoms. The van der Waals surface area contributed by atoms with Crippen LogP contribution in [0.4, 0.5) is 0 Å². The van der Waals surface area contributed by atoms with E-state index in [-0.39, 0.29) is 0 Å². The van der Waals surface area contributed by atoms with Gasteiger partial charge in [-0.1, -0.05) is 34.7 Å². The lowest BCUT2D eigenvalue weighted by atomic mass is 10.2. The van der Waals surface area contributed by atoms with Crippen LogP contribution in [0.1, 0.15) is 6.92 Å². The second-order valence-corrected chi connectivity index (χ2v) is 4.13. The van der Waals surface area contributed by atoms with E-state index in [2.05, 4.69) is 22.5 Å². The van der Waals surface area contributed by atoms with Crippen LogP contribution in [0.2, 0.25) is 0 Å². The maximum Gasteiger partial charge on any atom is 0.136 e. The molecule has 0 aliphatic carbocycles. The average Bonchev–Trinajstić information content (AvgIpc) is 2.56. The van der Waals surface area contributed by atoms with Crippen molar-refractivity contribution in [3.63, 3.8) is 0 Å². The Bertz CT molecular complexity index is 620. The van der Waals surface area contributed by atoms with Crippen LogP contribution in [0.15, 0.2) is 39.7 Å². The zero-order chi connectivity index (χ0) is 10.8. The number of allylic oxidation sites excluding steroid dienone is 1. The molecule has 0 fully saturated rings. The minimum absolute atomic E-state index is 0.892. The minimum atomic E-state index is 0.892. The monoisotopic (exact) mass is 262 g/mol. The van der Waals surface area contributed by atoms with Gasteiger partial charge in [0.1, 0.15) is 11.0 Å². The van der Waals surface area contributed by atoms with Gasteiger partial charge in [-0.05, 0) is 31.2 Å². The molecule has 0 bridgehead atoms. The zero-order valence-corrected chi connectivity index (χ0v) is 10.0. The van der Waals surface area contributed by atoms with Gasteiger partial charge in [0, 0.05) is 15.1 Å². The highest BCUT2D eigenvalue weighted by Crippen LogP contribution is 2.16. The molecule has 1 aromatic carbocycles. The zero-order valence-electron chi connectivity index (χ0n) is 8.46. The van der Waals surface area contributed by atoms with Crippen molar-refractivity contribution in [3.8, 4) is 0 Å². The molecule has 1 heterocycles. The number of fused-ring (bicyclic) bond motifs is 1. The molecule has 1 nitrogen and oxygen atoms in total. The molecule has 0 saturated carbocycles. The predicted molar refractivity (Wildman–Crippen MR) is 68.0 cm³/mol. The van der Waals surface area contributed by atoms with Gasteiger partial charge in [0.2, 0.25) is 0 Å². The fourth-order valence-electron chi connectivity index (χ4n) is 1.61. The third kappa shape index (κ3) is 1.77. The fourth-order valence-corrected chi connectivity index (χ4v) is 1.95. The van der Waals surface area contributed by atoms with Gasteiger partial charge in [-0.3, -0.25) is 0 Å². The summed E-state index contributed by atoms with van der Waals surface area (Å²) in [6, 6.07) is 6.03. The molecule has 0 N–H and O–H groups in total. The molecule has 0 spiro atoms. The van der Waals surface area contributed by atoms with E-state index in [4.69, 9.17) is 4.42 Å². The smallest absolute Gasteiger partial charge is 0.136 e. The molecule has 2 heteroatoms. The molecule has 0 saturated heterocycles. The number of halogens is 1. The Labute approximate surface area is 96.5 Å². The number of hydrogen-bond acceptors (Lipinski definition) is 1. The van der Waals surface area contributed by atoms with Gasteiger partial charge in [0.15, 0.2) is 0 Å². The Morgan fingerprint density at radius 2 is 2.20 bits per heavy atom. The number of furan rings is 1. The SMILES string of the molecule is C=C/C=c1\c(=C/C)oc2cc(Br)ccc12. The van der Waals surface area contributed by atoms with E-state index in [1.165, 1.54) is 0 Å². The summed E-state index contributed by atoms with van der Waals surface area (Å²) in [5.41, 5.74) is 1.79.